The molecule has 5 heteroatoms. The number of rotatable bonds is 4. The van der Waals surface area contributed by atoms with Crippen molar-refractivity contribution < 1.29 is 9.90 Å². The molecule has 0 aliphatic heterocycles. The van der Waals surface area contributed by atoms with Gasteiger partial charge in [-0.15, -0.1) is 0 Å². The van der Waals surface area contributed by atoms with Gasteiger partial charge in [-0.05, 0) is 35.9 Å². The quantitative estimate of drug-likeness (QED) is 0.848. The molecule has 2 aromatic carbocycles. The van der Waals surface area contributed by atoms with Crippen LogP contribution in [0.4, 0.5) is 11.4 Å². The Kier molecular flexibility index (Phi) is 4.15. The van der Waals surface area contributed by atoms with E-state index in [1.165, 1.54) is 6.07 Å². The molecule has 2 rings (SSSR count). The van der Waals surface area contributed by atoms with Gasteiger partial charge in [0.05, 0.1) is 5.56 Å². The van der Waals surface area contributed by atoms with E-state index in [1.807, 2.05) is 36.2 Å². The number of aromatic carboxylic acids is 1. The largest absolute Gasteiger partial charge is 0.478 e. The second kappa shape index (κ2) is 5.84. The maximum absolute atomic E-state index is 10.9. The van der Waals surface area contributed by atoms with Crippen LogP contribution >= 0.6 is 11.6 Å². The van der Waals surface area contributed by atoms with Crippen LogP contribution in [0.5, 0.6) is 0 Å². The number of anilines is 2. The number of halogens is 1. The first-order chi connectivity index (χ1) is 9.47. The number of nitrogen functional groups attached to an aromatic ring is 1. The van der Waals surface area contributed by atoms with E-state index in [0.29, 0.717) is 11.6 Å². The van der Waals surface area contributed by atoms with E-state index in [0.717, 1.165) is 11.3 Å². The molecule has 0 spiro atoms. The van der Waals surface area contributed by atoms with Crippen molar-refractivity contribution >= 4 is 28.9 Å². The Labute approximate surface area is 122 Å². The lowest BCUT2D eigenvalue weighted by molar-refractivity contribution is 0.0698. The second-order valence-electron chi connectivity index (χ2n) is 4.56. The molecule has 0 saturated heterocycles. The summed E-state index contributed by atoms with van der Waals surface area (Å²) in [6, 6.07) is 12.5. The third-order valence-corrected chi connectivity index (χ3v) is 3.29. The number of hydrogen-bond acceptors (Lipinski definition) is 3. The fourth-order valence-electron chi connectivity index (χ4n) is 1.94. The summed E-state index contributed by atoms with van der Waals surface area (Å²) < 4.78 is 0. The minimum atomic E-state index is -1.02. The Morgan fingerprint density at radius 3 is 2.45 bits per heavy atom. The highest BCUT2D eigenvalue weighted by atomic mass is 35.5. The Bertz CT molecular complexity index is 626. The number of nitrogens with zero attached hydrogens (tertiary/aromatic N) is 1. The number of carboxylic acids is 1. The predicted molar refractivity (Wildman–Crippen MR) is 81.4 cm³/mol. The van der Waals surface area contributed by atoms with Gasteiger partial charge in [-0.1, -0.05) is 23.7 Å². The van der Waals surface area contributed by atoms with E-state index in [2.05, 4.69) is 0 Å². The van der Waals surface area contributed by atoms with E-state index in [-0.39, 0.29) is 11.3 Å². The molecular formula is C15H15ClN2O2. The average Bonchev–Trinajstić information content (AvgIpc) is 2.40. The van der Waals surface area contributed by atoms with E-state index in [1.54, 1.807) is 12.1 Å². The van der Waals surface area contributed by atoms with Crippen LogP contribution < -0.4 is 10.6 Å². The van der Waals surface area contributed by atoms with Crippen LogP contribution in [0.2, 0.25) is 5.02 Å². The number of nitrogens with two attached hydrogens (primary N) is 1. The van der Waals surface area contributed by atoms with Crippen molar-refractivity contribution in [3.8, 4) is 0 Å². The molecule has 0 amide bonds. The smallest absolute Gasteiger partial charge is 0.337 e. The monoisotopic (exact) mass is 290 g/mol. The van der Waals surface area contributed by atoms with Crippen molar-refractivity contribution in [3.63, 3.8) is 0 Å². The van der Waals surface area contributed by atoms with E-state index in [9.17, 15) is 4.79 Å². The first kappa shape index (κ1) is 14.2. The SMILES string of the molecule is CN(Cc1ccc(Cl)cc1)c1ccc(C(=O)O)c(N)c1. The maximum atomic E-state index is 10.9. The van der Waals surface area contributed by atoms with E-state index < -0.39 is 5.97 Å². The molecule has 104 valence electrons. The zero-order valence-corrected chi connectivity index (χ0v) is 11.8. The molecule has 3 N–H and O–H groups in total. The molecule has 0 heterocycles. The highest BCUT2D eigenvalue weighted by Crippen LogP contribution is 2.22. The van der Waals surface area contributed by atoms with Gasteiger partial charge in [-0.2, -0.15) is 0 Å². The molecule has 2 aromatic rings. The topological polar surface area (TPSA) is 66.6 Å². The van der Waals surface area contributed by atoms with Gasteiger partial charge < -0.3 is 15.7 Å². The lowest BCUT2D eigenvalue weighted by Gasteiger charge is -2.20. The van der Waals surface area contributed by atoms with Crippen molar-refractivity contribution in [1.82, 2.24) is 0 Å². The summed E-state index contributed by atoms with van der Waals surface area (Å²) in [7, 11) is 1.92. The van der Waals surface area contributed by atoms with Gasteiger partial charge in [0.1, 0.15) is 0 Å². The van der Waals surface area contributed by atoms with Crippen molar-refractivity contribution in [1.29, 1.82) is 0 Å². The van der Waals surface area contributed by atoms with Crippen LogP contribution in [-0.4, -0.2) is 18.1 Å². The normalized spacial score (nSPS) is 10.3. The lowest BCUT2D eigenvalue weighted by Crippen LogP contribution is -2.17. The Hall–Kier alpha value is -2.20. The Morgan fingerprint density at radius 1 is 1.25 bits per heavy atom. The summed E-state index contributed by atoms with van der Waals surface area (Å²) >= 11 is 5.85. The maximum Gasteiger partial charge on any atom is 0.337 e. The van der Waals surface area contributed by atoms with Crippen molar-refractivity contribution in [2.45, 2.75) is 6.54 Å². The highest BCUT2D eigenvalue weighted by molar-refractivity contribution is 6.30. The fraction of sp³-hybridized carbons (Fsp3) is 0.133. The van der Waals surface area contributed by atoms with Crippen LogP contribution in [0.15, 0.2) is 42.5 Å². The first-order valence-electron chi connectivity index (χ1n) is 6.06. The van der Waals surface area contributed by atoms with E-state index >= 15 is 0 Å². The first-order valence-corrected chi connectivity index (χ1v) is 6.43. The van der Waals surface area contributed by atoms with Gasteiger partial charge >= 0.3 is 5.97 Å². The third kappa shape index (κ3) is 3.22. The highest BCUT2D eigenvalue weighted by Gasteiger charge is 2.10. The summed E-state index contributed by atoms with van der Waals surface area (Å²) in [4.78, 5) is 12.9. The molecule has 0 atom stereocenters. The molecule has 0 unspecified atom stereocenters. The summed E-state index contributed by atoms with van der Waals surface area (Å²) in [6.07, 6.45) is 0. The molecule has 4 nitrogen and oxygen atoms in total. The summed E-state index contributed by atoms with van der Waals surface area (Å²) in [5, 5.41) is 9.65. The van der Waals surface area contributed by atoms with Gasteiger partial charge in [-0.3, -0.25) is 0 Å². The molecule has 0 saturated carbocycles. The van der Waals surface area contributed by atoms with Gasteiger partial charge in [-0.25, -0.2) is 4.79 Å². The van der Waals surface area contributed by atoms with Crippen LogP contribution in [0, 0.1) is 0 Å². The molecule has 0 radical (unpaired) electrons. The molecular weight excluding hydrogens is 276 g/mol. The number of carbonyl (C=O) groups is 1. The average molecular weight is 291 g/mol. The summed E-state index contributed by atoms with van der Waals surface area (Å²) in [6.45, 7) is 0.684. The number of carboxylic acid groups (broad SMARTS) is 1. The van der Waals surface area contributed by atoms with Gasteiger partial charge in [0, 0.05) is 30.0 Å². The van der Waals surface area contributed by atoms with Gasteiger partial charge in [0.2, 0.25) is 0 Å². The van der Waals surface area contributed by atoms with Crippen molar-refractivity contribution in [2.24, 2.45) is 0 Å². The zero-order valence-electron chi connectivity index (χ0n) is 11.0. The van der Waals surface area contributed by atoms with Gasteiger partial charge in [0.15, 0.2) is 0 Å². The number of benzene rings is 2. The molecule has 0 aliphatic rings. The molecule has 0 aromatic heterocycles. The molecule has 20 heavy (non-hydrogen) atoms. The van der Waals surface area contributed by atoms with Crippen molar-refractivity contribution in [3.05, 3.63) is 58.6 Å². The van der Waals surface area contributed by atoms with Gasteiger partial charge in [0.25, 0.3) is 0 Å². The standard InChI is InChI=1S/C15H15ClN2O2/c1-18(9-10-2-4-11(16)5-3-10)12-6-7-13(15(19)20)14(17)8-12/h2-8H,9,17H2,1H3,(H,19,20). The summed E-state index contributed by atoms with van der Waals surface area (Å²) in [5.41, 5.74) is 8.10. The van der Waals surface area contributed by atoms with Crippen LogP contribution in [-0.2, 0) is 6.54 Å². The number of hydrogen-bond donors (Lipinski definition) is 2. The van der Waals surface area contributed by atoms with Crippen LogP contribution in [0.3, 0.4) is 0 Å². The van der Waals surface area contributed by atoms with Crippen LogP contribution in [0.1, 0.15) is 15.9 Å². The minimum Gasteiger partial charge on any atom is -0.478 e. The Morgan fingerprint density at radius 2 is 1.90 bits per heavy atom. The predicted octanol–water partition coefficient (Wildman–Crippen LogP) is 3.26. The van der Waals surface area contributed by atoms with Crippen LogP contribution in [0.25, 0.3) is 0 Å². The fourth-order valence-corrected chi connectivity index (χ4v) is 2.06. The van der Waals surface area contributed by atoms with Crippen molar-refractivity contribution in [2.75, 3.05) is 17.7 Å². The second-order valence-corrected chi connectivity index (χ2v) is 5.00. The molecule has 0 bridgehead atoms. The third-order valence-electron chi connectivity index (χ3n) is 3.04. The zero-order chi connectivity index (χ0) is 14.7. The molecule has 0 aliphatic carbocycles. The Balaban J connectivity index is 2.17. The minimum absolute atomic E-state index is 0.119. The summed E-state index contributed by atoms with van der Waals surface area (Å²) in [5.74, 6) is -1.02. The lowest BCUT2D eigenvalue weighted by atomic mass is 10.1. The van der Waals surface area contributed by atoms with E-state index in [4.69, 9.17) is 22.4 Å². The molecule has 0 fully saturated rings.